The summed E-state index contributed by atoms with van der Waals surface area (Å²) in [5, 5.41) is 18.7. The Morgan fingerprint density at radius 1 is 1.42 bits per heavy atom. The number of ether oxygens (including phenoxy) is 2. The van der Waals surface area contributed by atoms with Crippen molar-refractivity contribution in [1.29, 1.82) is 5.26 Å². The number of aliphatic hydroxyl groups is 1. The van der Waals surface area contributed by atoms with Crippen molar-refractivity contribution >= 4 is 0 Å². The van der Waals surface area contributed by atoms with Crippen LogP contribution < -0.4 is 4.74 Å². The van der Waals surface area contributed by atoms with Crippen LogP contribution in [0, 0.1) is 11.3 Å². The minimum atomic E-state index is -0.510. The van der Waals surface area contributed by atoms with Gasteiger partial charge < -0.3 is 14.6 Å². The predicted molar refractivity (Wildman–Crippen MR) is 71.9 cm³/mol. The summed E-state index contributed by atoms with van der Waals surface area (Å²) < 4.78 is 9.99. The Hall–Kier alpha value is -1.61. The molecule has 1 rings (SSSR count). The second-order valence-electron chi connectivity index (χ2n) is 4.45. The largest absolute Gasteiger partial charge is 0.495 e. The fourth-order valence-electron chi connectivity index (χ4n) is 1.92. The molecule has 0 fully saturated rings. The van der Waals surface area contributed by atoms with E-state index in [9.17, 15) is 5.11 Å². The summed E-state index contributed by atoms with van der Waals surface area (Å²) in [6.45, 7) is 1.48. The Morgan fingerprint density at radius 3 is 2.74 bits per heavy atom. The van der Waals surface area contributed by atoms with E-state index in [0.717, 1.165) is 5.56 Å². The van der Waals surface area contributed by atoms with E-state index in [1.54, 1.807) is 26.4 Å². The highest BCUT2D eigenvalue weighted by Crippen LogP contribution is 2.19. The molecule has 0 aliphatic rings. The molecule has 0 saturated carbocycles. The van der Waals surface area contributed by atoms with Gasteiger partial charge in [-0.15, -0.1) is 0 Å². The molecule has 19 heavy (non-hydrogen) atoms. The average Bonchev–Trinajstić information content (AvgIpc) is 2.38. The first-order chi connectivity index (χ1) is 9.10. The normalized spacial score (nSPS) is 12.2. The molecule has 0 aliphatic carbocycles. The van der Waals surface area contributed by atoms with Crippen molar-refractivity contribution < 1.29 is 14.6 Å². The van der Waals surface area contributed by atoms with E-state index < -0.39 is 6.10 Å². The quantitative estimate of drug-likeness (QED) is 0.796. The van der Waals surface area contributed by atoms with Gasteiger partial charge in [0.25, 0.3) is 0 Å². The van der Waals surface area contributed by atoms with Gasteiger partial charge >= 0.3 is 0 Å². The number of likely N-dealkylation sites (N-methyl/N-ethyl adjacent to an activating group) is 1. The minimum absolute atomic E-state index is 0.316. The maximum Gasteiger partial charge on any atom is 0.136 e. The number of benzene rings is 1. The average molecular weight is 264 g/mol. The van der Waals surface area contributed by atoms with Crippen LogP contribution in [-0.4, -0.2) is 50.5 Å². The lowest BCUT2D eigenvalue weighted by atomic mass is 10.1. The van der Waals surface area contributed by atoms with Crippen molar-refractivity contribution in [1.82, 2.24) is 4.90 Å². The van der Waals surface area contributed by atoms with Gasteiger partial charge in [0, 0.05) is 20.2 Å². The standard InChI is InChI=1S/C14H20N2O3/c1-16(9-13(17)10-18-2)8-11-4-5-14(19-3)12(6-11)7-15/h4-6,13,17H,8-10H2,1-3H3. The van der Waals surface area contributed by atoms with Crippen LogP contribution in [0.25, 0.3) is 0 Å². The van der Waals surface area contributed by atoms with Crippen LogP contribution in [0.4, 0.5) is 0 Å². The van der Waals surface area contributed by atoms with Gasteiger partial charge in [-0.1, -0.05) is 6.07 Å². The van der Waals surface area contributed by atoms with Crippen LogP contribution in [0.3, 0.4) is 0 Å². The second kappa shape index (κ2) is 7.74. The molecule has 1 unspecified atom stereocenters. The van der Waals surface area contributed by atoms with Crippen molar-refractivity contribution in [3.8, 4) is 11.8 Å². The van der Waals surface area contributed by atoms with E-state index >= 15 is 0 Å². The predicted octanol–water partition coefficient (Wildman–Crippen LogP) is 1.01. The molecule has 1 N–H and O–H groups in total. The highest BCUT2D eigenvalue weighted by Gasteiger charge is 2.10. The van der Waals surface area contributed by atoms with E-state index in [0.29, 0.717) is 31.0 Å². The van der Waals surface area contributed by atoms with E-state index in [1.807, 2.05) is 18.0 Å². The van der Waals surface area contributed by atoms with E-state index in [2.05, 4.69) is 6.07 Å². The molecule has 0 spiro atoms. The molecule has 5 heteroatoms. The summed E-state index contributed by atoms with van der Waals surface area (Å²) in [5.74, 6) is 0.577. The van der Waals surface area contributed by atoms with Gasteiger partial charge in [0.1, 0.15) is 11.8 Å². The first-order valence-electron chi connectivity index (χ1n) is 6.03. The highest BCUT2D eigenvalue weighted by molar-refractivity contribution is 5.45. The molecule has 0 heterocycles. The second-order valence-corrected chi connectivity index (χ2v) is 4.45. The summed E-state index contributed by atoms with van der Waals surface area (Å²) in [6.07, 6.45) is -0.510. The lowest BCUT2D eigenvalue weighted by Crippen LogP contribution is -2.31. The van der Waals surface area contributed by atoms with E-state index in [1.165, 1.54) is 0 Å². The third-order valence-corrected chi connectivity index (χ3v) is 2.72. The van der Waals surface area contributed by atoms with Crippen LogP contribution in [0.5, 0.6) is 5.75 Å². The Morgan fingerprint density at radius 2 is 2.16 bits per heavy atom. The van der Waals surface area contributed by atoms with Crippen molar-refractivity contribution in [2.45, 2.75) is 12.6 Å². The number of aliphatic hydroxyl groups excluding tert-OH is 1. The van der Waals surface area contributed by atoms with E-state index in [4.69, 9.17) is 14.7 Å². The van der Waals surface area contributed by atoms with Gasteiger partial charge in [0.15, 0.2) is 0 Å². The number of hydrogen-bond acceptors (Lipinski definition) is 5. The van der Waals surface area contributed by atoms with Gasteiger partial charge in [0.2, 0.25) is 0 Å². The smallest absolute Gasteiger partial charge is 0.136 e. The SMILES string of the molecule is COCC(O)CN(C)Cc1ccc(OC)c(C#N)c1. The van der Waals surface area contributed by atoms with Crippen LogP contribution in [-0.2, 0) is 11.3 Å². The third-order valence-electron chi connectivity index (χ3n) is 2.72. The number of hydrogen-bond donors (Lipinski definition) is 1. The van der Waals surface area contributed by atoms with Crippen molar-refractivity contribution in [3.63, 3.8) is 0 Å². The van der Waals surface area contributed by atoms with Gasteiger partial charge in [-0.05, 0) is 24.7 Å². The summed E-state index contributed by atoms with van der Waals surface area (Å²) in [7, 11) is 5.02. The zero-order valence-electron chi connectivity index (χ0n) is 11.6. The summed E-state index contributed by atoms with van der Waals surface area (Å²) in [4.78, 5) is 1.98. The molecule has 5 nitrogen and oxygen atoms in total. The zero-order chi connectivity index (χ0) is 14.3. The lowest BCUT2D eigenvalue weighted by molar-refractivity contribution is 0.0419. The van der Waals surface area contributed by atoms with Gasteiger partial charge in [-0.25, -0.2) is 0 Å². The maximum absolute atomic E-state index is 9.64. The zero-order valence-corrected chi connectivity index (χ0v) is 11.6. The maximum atomic E-state index is 9.64. The Kier molecular flexibility index (Phi) is 6.30. The molecule has 0 aromatic heterocycles. The highest BCUT2D eigenvalue weighted by atomic mass is 16.5. The summed E-state index contributed by atoms with van der Waals surface area (Å²) in [6, 6.07) is 7.61. The minimum Gasteiger partial charge on any atom is -0.495 e. The Labute approximate surface area is 114 Å². The summed E-state index contributed by atoms with van der Waals surface area (Å²) >= 11 is 0. The molecule has 0 radical (unpaired) electrons. The Balaban J connectivity index is 2.64. The fourth-order valence-corrected chi connectivity index (χ4v) is 1.92. The first-order valence-corrected chi connectivity index (χ1v) is 6.03. The van der Waals surface area contributed by atoms with Crippen LogP contribution in [0.15, 0.2) is 18.2 Å². The summed E-state index contributed by atoms with van der Waals surface area (Å²) in [5.41, 5.74) is 1.52. The van der Waals surface area contributed by atoms with Crippen LogP contribution in [0.1, 0.15) is 11.1 Å². The fraction of sp³-hybridized carbons (Fsp3) is 0.500. The molecule has 0 bridgehead atoms. The first kappa shape index (κ1) is 15.4. The number of nitriles is 1. The van der Waals surface area contributed by atoms with Crippen molar-refractivity contribution in [2.24, 2.45) is 0 Å². The monoisotopic (exact) mass is 264 g/mol. The number of methoxy groups -OCH3 is 2. The van der Waals surface area contributed by atoms with Crippen molar-refractivity contribution in [3.05, 3.63) is 29.3 Å². The molecular formula is C14H20N2O3. The van der Waals surface area contributed by atoms with Crippen LogP contribution >= 0.6 is 0 Å². The number of nitrogens with zero attached hydrogens (tertiary/aromatic N) is 2. The lowest BCUT2D eigenvalue weighted by Gasteiger charge is -2.20. The number of rotatable bonds is 7. The molecule has 104 valence electrons. The van der Waals surface area contributed by atoms with Gasteiger partial charge in [-0.2, -0.15) is 5.26 Å². The van der Waals surface area contributed by atoms with Gasteiger partial charge in [0.05, 0.1) is 25.4 Å². The molecule has 1 atom stereocenters. The van der Waals surface area contributed by atoms with Crippen LogP contribution in [0.2, 0.25) is 0 Å². The third kappa shape index (κ3) is 4.87. The molecule has 0 amide bonds. The molecule has 1 aromatic carbocycles. The topological polar surface area (TPSA) is 65.7 Å². The molecule has 0 saturated heterocycles. The van der Waals surface area contributed by atoms with Crippen molar-refractivity contribution in [2.75, 3.05) is 34.4 Å². The molecule has 1 aromatic rings. The van der Waals surface area contributed by atoms with Gasteiger partial charge in [-0.3, -0.25) is 4.90 Å². The van der Waals surface area contributed by atoms with E-state index in [-0.39, 0.29) is 0 Å². The Bertz CT molecular complexity index is 443. The molecular weight excluding hydrogens is 244 g/mol. The molecule has 0 aliphatic heterocycles.